The van der Waals surface area contributed by atoms with E-state index in [0.717, 1.165) is 38.5 Å². The van der Waals surface area contributed by atoms with Gasteiger partial charge < -0.3 is 16.0 Å². The predicted molar refractivity (Wildman–Crippen MR) is 115 cm³/mol. The van der Waals surface area contributed by atoms with E-state index in [1.54, 1.807) is 6.07 Å². The second-order valence-corrected chi connectivity index (χ2v) is 9.06. The number of aromatic nitrogens is 3. The van der Waals surface area contributed by atoms with E-state index in [-0.39, 0.29) is 45.6 Å². The first-order valence-electron chi connectivity index (χ1n) is 10.6. The molecule has 0 aromatic carbocycles. The van der Waals surface area contributed by atoms with Crippen LogP contribution in [-0.2, 0) is 10.5 Å². The first kappa shape index (κ1) is 20.0. The summed E-state index contributed by atoms with van der Waals surface area (Å²) in [6.45, 7) is 1.88. The summed E-state index contributed by atoms with van der Waals surface area (Å²) in [7, 11) is 0. The Morgan fingerprint density at radius 2 is 1.87 bits per heavy atom. The van der Waals surface area contributed by atoms with Gasteiger partial charge in [0.05, 0.1) is 5.02 Å². The summed E-state index contributed by atoms with van der Waals surface area (Å²) in [6, 6.07) is 3.01. The van der Waals surface area contributed by atoms with Crippen LogP contribution in [0, 0.1) is 11.8 Å². The molecule has 2 aromatic rings. The molecular weight excluding hydrogens is 420 g/mol. The highest BCUT2D eigenvalue weighted by Crippen LogP contribution is 2.41. The van der Waals surface area contributed by atoms with Gasteiger partial charge in [-0.05, 0) is 38.7 Å². The first-order chi connectivity index (χ1) is 14.9. The molecule has 1 atom stereocenters. The zero-order valence-corrected chi connectivity index (χ0v) is 17.8. The number of nitrogens with one attached hydrogen (secondary N) is 3. The Kier molecular flexibility index (Phi) is 4.73. The van der Waals surface area contributed by atoms with Crippen LogP contribution in [0.4, 0.5) is 17.3 Å². The summed E-state index contributed by atoms with van der Waals surface area (Å²) in [5.41, 5.74) is -0.787. The highest BCUT2D eigenvalue weighted by molar-refractivity contribution is 6.34. The standard InChI is InChI=1S/C21H23ClN6O3/c1-21(12-4-2-3-5-12)27-19(30)17-13(22)8-14(20(31)28(17)21)25-15-9-16(24-10-23-15)26-18(29)11-6-7-11/h8-12H,2-7H2,1H3,(H,27,30)(H2,23,24,25,26,29). The fourth-order valence-corrected chi connectivity index (χ4v) is 4.93. The summed E-state index contributed by atoms with van der Waals surface area (Å²) < 4.78 is 1.49. The molecule has 2 aliphatic carbocycles. The van der Waals surface area contributed by atoms with Crippen LogP contribution in [-0.4, -0.2) is 26.3 Å². The highest BCUT2D eigenvalue weighted by atomic mass is 35.5. The number of pyridine rings is 1. The molecule has 2 aromatic heterocycles. The van der Waals surface area contributed by atoms with E-state index < -0.39 is 5.66 Å². The Morgan fingerprint density at radius 1 is 1.16 bits per heavy atom. The van der Waals surface area contributed by atoms with E-state index in [0.29, 0.717) is 11.6 Å². The summed E-state index contributed by atoms with van der Waals surface area (Å²) in [5.74, 6) is 0.497. The minimum absolute atomic E-state index is 0.0461. The molecule has 3 N–H and O–H groups in total. The molecule has 3 heterocycles. The third-order valence-electron chi connectivity index (χ3n) is 6.48. The monoisotopic (exact) mass is 442 g/mol. The molecule has 0 saturated heterocycles. The molecular formula is C21H23ClN6O3. The van der Waals surface area contributed by atoms with Crippen molar-refractivity contribution in [2.45, 2.75) is 51.1 Å². The normalized spacial score (nSPS) is 22.8. The lowest BCUT2D eigenvalue weighted by molar-refractivity contribution is -0.117. The van der Waals surface area contributed by atoms with Crippen molar-refractivity contribution < 1.29 is 9.59 Å². The number of hydrogen-bond acceptors (Lipinski definition) is 6. The molecule has 31 heavy (non-hydrogen) atoms. The number of amides is 2. The number of nitrogens with zero attached hydrogens (tertiary/aromatic N) is 3. The second-order valence-electron chi connectivity index (χ2n) is 8.66. The molecule has 5 rings (SSSR count). The van der Waals surface area contributed by atoms with E-state index in [2.05, 4.69) is 25.9 Å². The van der Waals surface area contributed by atoms with Crippen molar-refractivity contribution in [1.29, 1.82) is 0 Å². The van der Waals surface area contributed by atoms with Crippen LogP contribution in [0.25, 0.3) is 0 Å². The summed E-state index contributed by atoms with van der Waals surface area (Å²) in [4.78, 5) is 46.3. The van der Waals surface area contributed by atoms with Crippen molar-refractivity contribution in [1.82, 2.24) is 19.9 Å². The van der Waals surface area contributed by atoms with E-state index >= 15 is 0 Å². The van der Waals surface area contributed by atoms with Gasteiger partial charge in [0.2, 0.25) is 5.91 Å². The van der Waals surface area contributed by atoms with Gasteiger partial charge in [0.25, 0.3) is 11.5 Å². The molecule has 0 bridgehead atoms. The Labute approximate surface area is 183 Å². The lowest BCUT2D eigenvalue weighted by Crippen LogP contribution is -2.50. The van der Waals surface area contributed by atoms with Crippen LogP contribution in [0.2, 0.25) is 5.02 Å². The van der Waals surface area contributed by atoms with Gasteiger partial charge in [0.15, 0.2) is 0 Å². The maximum atomic E-state index is 13.4. The molecule has 1 unspecified atom stereocenters. The average Bonchev–Trinajstić information content (AvgIpc) is 3.35. The highest BCUT2D eigenvalue weighted by Gasteiger charge is 2.47. The van der Waals surface area contributed by atoms with E-state index in [1.807, 2.05) is 6.92 Å². The van der Waals surface area contributed by atoms with Crippen molar-refractivity contribution >= 4 is 40.7 Å². The van der Waals surface area contributed by atoms with Crippen LogP contribution >= 0.6 is 11.6 Å². The van der Waals surface area contributed by atoms with Crippen LogP contribution in [0.5, 0.6) is 0 Å². The Morgan fingerprint density at radius 3 is 2.58 bits per heavy atom. The smallest absolute Gasteiger partial charge is 0.276 e. The van der Waals surface area contributed by atoms with Crippen molar-refractivity contribution in [2.75, 3.05) is 10.6 Å². The predicted octanol–water partition coefficient (Wildman–Crippen LogP) is 2.99. The van der Waals surface area contributed by atoms with Crippen LogP contribution in [0.15, 0.2) is 23.3 Å². The largest absolute Gasteiger partial charge is 0.336 e. The Hall–Kier alpha value is -2.94. The van der Waals surface area contributed by atoms with Gasteiger partial charge in [-0.1, -0.05) is 24.4 Å². The number of rotatable bonds is 5. The van der Waals surface area contributed by atoms with Gasteiger partial charge in [-0.25, -0.2) is 9.97 Å². The molecule has 162 valence electrons. The molecule has 3 aliphatic rings. The van der Waals surface area contributed by atoms with Gasteiger partial charge in [0, 0.05) is 17.9 Å². The number of carbonyl (C=O) groups is 2. The molecule has 0 radical (unpaired) electrons. The molecule has 2 fully saturated rings. The van der Waals surface area contributed by atoms with Crippen LogP contribution < -0.4 is 21.5 Å². The van der Waals surface area contributed by atoms with E-state index in [9.17, 15) is 14.4 Å². The van der Waals surface area contributed by atoms with Gasteiger partial charge in [-0.3, -0.25) is 19.0 Å². The number of halogens is 1. The SMILES string of the molecule is CC1(C2CCCC2)NC(=O)c2c(Cl)cc(Nc3cc(NC(=O)C4CC4)ncn3)c(=O)n21. The molecule has 1 aliphatic heterocycles. The number of anilines is 3. The van der Waals surface area contributed by atoms with Crippen molar-refractivity contribution in [3.63, 3.8) is 0 Å². The number of carbonyl (C=O) groups excluding carboxylic acids is 2. The fraction of sp³-hybridized carbons (Fsp3) is 0.476. The van der Waals surface area contributed by atoms with E-state index in [1.165, 1.54) is 17.0 Å². The minimum Gasteiger partial charge on any atom is -0.336 e. The van der Waals surface area contributed by atoms with E-state index in [4.69, 9.17) is 11.6 Å². The zero-order chi connectivity index (χ0) is 21.8. The van der Waals surface area contributed by atoms with Crippen LogP contribution in [0.1, 0.15) is 55.9 Å². The van der Waals surface area contributed by atoms with Crippen LogP contribution in [0.3, 0.4) is 0 Å². The minimum atomic E-state index is -0.823. The van der Waals surface area contributed by atoms with Gasteiger partial charge >= 0.3 is 0 Å². The molecule has 9 nitrogen and oxygen atoms in total. The Balaban J connectivity index is 1.49. The van der Waals surface area contributed by atoms with Crippen molar-refractivity contribution in [3.8, 4) is 0 Å². The average molecular weight is 443 g/mol. The lowest BCUT2D eigenvalue weighted by atomic mass is 9.92. The third-order valence-corrected chi connectivity index (χ3v) is 6.77. The third kappa shape index (κ3) is 3.46. The van der Waals surface area contributed by atoms with Gasteiger partial charge in [-0.2, -0.15) is 0 Å². The second kappa shape index (κ2) is 7.33. The summed E-state index contributed by atoms with van der Waals surface area (Å²) in [6.07, 6.45) is 7.11. The molecule has 2 saturated carbocycles. The maximum absolute atomic E-state index is 13.4. The first-order valence-corrected chi connectivity index (χ1v) is 10.9. The number of hydrogen-bond donors (Lipinski definition) is 3. The number of fused-ring (bicyclic) bond motifs is 1. The summed E-state index contributed by atoms with van der Waals surface area (Å²) in [5, 5.41) is 8.93. The molecule has 2 amide bonds. The fourth-order valence-electron chi connectivity index (χ4n) is 4.65. The topological polar surface area (TPSA) is 118 Å². The van der Waals surface area contributed by atoms with Gasteiger partial charge in [-0.15, -0.1) is 0 Å². The maximum Gasteiger partial charge on any atom is 0.276 e. The quantitative estimate of drug-likeness (QED) is 0.655. The van der Waals surface area contributed by atoms with Crippen molar-refractivity contribution in [2.24, 2.45) is 11.8 Å². The molecule has 10 heteroatoms. The molecule has 0 spiro atoms. The zero-order valence-electron chi connectivity index (χ0n) is 17.1. The summed E-state index contributed by atoms with van der Waals surface area (Å²) >= 11 is 6.43. The Bertz CT molecular complexity index is 1140. The lowest BCUT2D eigenvalue weighted by Gasteiger charge is -2.33. The van der Waals surface area contributed by atoms with Crippen molar-refractivity contribution in [3.05, 3.63) is 39.5 Å². The van der Waals surface area contributed by atoms with Gasteiger partial charge in [0.1, 0.15) is 35.0 Å².